The van der Waals surface area contributed by atoms with Crippen molar-refractivity contribution in [2.45, 2.75) is 0 Å². The summed E-state index contributed by atoms with van der Waals surface area (Å²) in [5.74, 6) is 0.293. The Morgan fingerprint density at radius 3 is 2.95 bits per heavy atom. The molecule has 1 aromatic carbocycles. The number of imidazole rings is 1. The molecule has 3 aromatic rings. The summed E-state index contributed by atoms with van der Waals surface area (Å²) in [5.41, 5.74) is 8.48. The predicted molar refractivity (Wildman–Crippen MR) is 73.0 cm³/mol. The van der Waals surface area contributed by atoms with Gasteiger partial charge in [-0.1, -0.05) is 11.6 Å². The molecule has 3 rings (SSSR count). The van der Waals surface area contributed by atoms with Gasteiger partial charge in [-0.2, -0.15) is 5.26 Å². The minimum Gasteiger partial charge on any atom is -0.369 e. The second-order valence-electron chi connectivity index (χ2n) is 3.94. The van der Waals surface area contributed by atoms with E-state index in [2.05, 4.69) is 16.0 Å². The quantitative estimate of drug-likeness (QED) is 0.736. The molecule has 0 radical (unpaired) electrons. The highest BCUT2D eigenvalue weighted by Gasteiger charge is 2.13. The minimum atomic E-state index is 0.293. The van der Waals surface area contributed by atoms with E-state index in [-0.39, 0.29) is 0 Å². The first-order valence-corrected chi connectivity index (χ1v) is 5.86. The number of benzene rings is 1. The van der Waals surface area contributed by atoms with E-state index in [9.17, 15) is 5.26 Å². The highest BCUT2D eigenvalue weighted by Crippen LogP contribution is 2.26. The van der Waals surface area contributed by atoms with Crippen LogP contribution in [-0.4, -0.2) is 14.5 Å². The summed E-state index contributed by atoms with van der Waals surface area (Å²) < 4.78 is 1.70. The normalized spacial score (nSPS) is 10.5. The Morgan fingerprint density at radius 1 is 1.32 bits per heavy atom. The van der Waals surface area contributed by atoms with E-state index >= 15 is 0 Å². The number of nitrogens with zero attached hydrogens (tertiary/aromatic N) is 4. The van der Waals surface area contributed by atoms with Crippen molar-refractivity contribution in [2.24, 2.45) is 0 Å². The van der Waals surface area contributed by atoms with Crippen LogP contribution in [0.25, 0.3) is 16.7 Å². The Bertz CT molecular complexity index is 816. The van der Waals surface area contributed by atoms with Crippen LogP contribution >= 0.6 is 11.6 Å². The maximum absolute atomic E-state index is 9.19. The van der Waals surface area contributed by atoms with Crippen molar-refractivity contribution in [3.8, 4) is 11.8 Å². The molecule has 6 heteroatoms. The van der Waals surface area contributed by atoms with E-state index in [1.54, 1.807) is 41.2 Å². The van der Waals surface area contributed by atoms with Crippen LogP contribution in [0.2, 0.25) is 5.02 Å². The number of nitrogen functional groups attached to an aromatic ring is 1. The molecule has 2 heterocycles. The van der Waals surface area contributed by atoms with Gasteiger partial charge in [-0.3, -0.25) is 9.55 Å². The maximum atomic E-state index is 9.19. The molecule has 0 atom stereocenters. The number of hydrogen-bond acceptors (Lipinski definition) is 4. The summed E-state index contributed by atoms with van der Waals surface area (Å²) in [7, 11) is 0. The zero-order valence-electron chi connectivity index (χ0n) is 9.71. The number of nitriles is 1. The first-order chi connectivity index (χ1) is 9.20. The molecule has 0 aliphatic carbocycles. The van der Waals surface area contributed by atoms with Crippen LogP contribution in [0.3, 0.4) is 0 Å². The molecule has 2 N–H and O–H groups in total. The third-order valence-corrected chi connectivity index (χ3v) is 3.04. The third kappa shape index (κ3) is 1.79. The van der Waals surface area contributed by atoms with Gasteiger partial charge < -0.3 is 5.73 Å². The van der Waals surface area contributed by atoms with E-state index in [0.717, 1.165) is 5.52 Å². The van der Waals surface area contributed by atoms with Crippen LogP contribution in [0.1, 0.15) is 5.56 Å². The second-order valence-corrected chi connectivity index (χ2v) is 4.38. The second kappa shape index (κ2) is 4.26. The van der Waals surface area contributed by atoms with Crippen LogP contribution in [0, 0.1) is 11.3 Å². The summed E-state index contributed by atoms with van der Waals surface area (Å²) in [5, 5.41) is 9.72. The van der Waals surface area contributed by atoms with Gasteiger partial charge in [0.05, 0.1) is 23.0 Å². The van der Waals surface area contributed by atoms with Crippen LogP contribution in [0.4, 0.5) is 5.95 Å². The average molecular weight is 270 g/mol. The Balaban J connectivity index is 2.40. The first kappa shape index (κ1) is 11.5. The molecule has 2 aromatic heterocycles. The molecule has 0 aliphatic heterocycles. The van der Waals surface area contributed by atoms with Crippen molar-refractivity contribution in [1.29, 1.82) is 5.26 Å². The fourth-order valence-corrected chi connectivity index (χ4v) is 2.15. The van der Waals surface area contributed by atoms with Crippen molar-refractivity contribution < 1.29 is 0 Å². The SMILES string of the molecule is N#Cc1ccc(Cl)cc1-n1c(N)nc2cnccc21. The molecule has 19 heavy (non-hydrogen) atoms. The number of pyridine rings is 1. The molecule has 5 nitrogen and oxygen atoms in total. The van der Waals surface area contributed by atoms with Crippen LogP contribution in [0.5, 0.6) is 0 Å². The van der Waals surface area contributed by atoms with E-state index < -0.39 is 0 Å². The van der Waals surface area contributed by atoms with Gasteiger partial charge in [-0.15, -0.1) is 0 Å². The van der Waals surface area contributed by atoms with Gasteiger partial charge in [0.1, 0.15) is 11.6 Å². The average Bonchev–Trinajstić information content (AvgIpc) is 2.74. The van der Waals surface area contributed by atoms with Crippen LogP contribution in [-0.2, 0) is 0 Å². The van der Waals surface area contributed by atoms with Crippen molar-refractivity contribution in [1.82, 2.24) is 14.5 Å². The molecule has 0 bridgehead atoms. The maximum Gasteiger partial charge on any atom is 0.206 e. The molecule has 0 amide bonds. The number of hydrogen-bond donors (Lipinski definition) is 1. The fraction of sp³-hybridized carbons (Fsp3) is 0. The Hall–Kier alpha value is -2.58. The summed E-state index contributed by atoms with van der Waals surface area (Å²) in [6, 6.07) is 8.93. The summed E-state index contributed by atoms with van der Waals surface area (Å²) in [6.07, 6.45) is 3.27. The van der Waals surface area contributed by atoms with Gasteiger partial charge in [-0.05, 0) is 24.3 Å². The molecular formula is C13H8ClN5. The molecule has 0 aliphatic rings. The monoisotopic (exact) mass is 269 g/mol. The highest BCUT2D eigenvalue weighted by atomic mass is 35.5. The molecule has 0 spiro atoms. The van der Waals surface area contributed by atoms with E-state index in [4.69, 9.17) is 17.3 Å². The topological polar surface area (TPSA) is 80.5 Å². The van der Waals surface area contributed by atoms with Crippen LogP contribution < -0.4 is 5.73 Å². The molecule has 0 fully saturated rings. The lowest BCUT2D eigenvalue weighted by atomic mass is 10.2. The lowest BCUT2D eigenvalue weighted by Crippen LogP contribution is -2.02. The Kier molecular flexibility index (Phi) is 2.58. The van der Waals surface area contributed by atoms with Gasteiger partial charge in [0.2, 0.25) is 5.95 Å². The standard InChI is InChI=1S/C13H8ClN5/c14-9-2-1-8(6-15)12(5-9)19-11-3-4-17-7-10(11)18-13(19)16/h1-5,7H,(H2,16,18). The number of nitrogens with two attached hydrogens (primary N) is 1. The minimum absolute atomic E-state index is 0.293. The van der Waals surface area contributed by atoms with Gasteiger partial charge in [0, 0.05) is 11.2 Å². The summed E-state index contributed by atoms with van der Waals surface area (Å²) >= 11 is 6.00. The van der Waals surface area contributed by atoms with E-state index in [0.29, 0.717) is 27.7 Å². The smallest absolute Gasteiger partial charge is 0.206 e. The zero-order chi connectivity index (χ0) is 13.4. The highest BCUT2D eigenvalue weighted by molar-refractivity contribution is 6.30. The molecule has 0 unspecified atom stereocenters. The van der Waals surface area contributed by atoms with Crippen molar-refractivity contribution >= 4 is 28.6 Å². The van der Waals surface area contributed by atoms with Crippen molar-refractivity contribution in [3.63, 3.8) is 0 Å². The Labute approximate surface area is 113 Å². The van der Waals surface area contributed by atoms with E-state index in [1.807, 2.05) is 0 Å². The van der Waals surface area contributed by atoms with E-state index in [1.165, 1.54) is 0 Å². The van der Waals surface area contributed by atoms with Gasteiger partial charge in [0.15, 0.2) is 0 Å². The van der Waals surface area contributed by atoms with Crippen molar-refractivity contribution in [3.05, 3.63) is 47.2 Å². The number of halogens is 1. The number of aromatic nitrogens is 3. The Morgan fingerprint density at radius 2 is 2.16 bits per heavy atom. The lowest BCUT2D eigenvalue weighted by Gasteiger charge is -2.08. The molecule has 92 valence electrons. The lowest BCUT2D eigenvalue weighted by molar-refractivity contribution is 1.10. The van der Waals surface area contributed by atoms with Gasteiger partial charge in [-0.25, -0.2) is 4.98 Å². The summed E-state index contributed by atoms with van der Waals surface area (Å²) in [6.45, 7) is 0. The number of rotatable bonds is 1. The molecular weight excluding hydrogens is 262 g/mol. The van der Waals surface area contributed by atoms with Crippen LogP contribution in [0.15, 0.2) is 36.7 Å². The predicted octanol–water partition coefficient (Wildman–Crippen LogP) is 2.53. The largest absolute Gasteiger partial charge is 0.369 e. The van der Waals surface area contributed by atoms with Gasteiger partial charge in [0.25, 0.3) is 0 Å². The van der Waals surface area contributed by atoms with Crippen molar-refractivity contribution in [2.75, 3.05) is 5.73 Å². The first-order valence-electron chi connectivity index (χ1n) is 5.48. The third-order valence-electron chi connectivity index (χ3n) is 2.80. The number of fused-ring (bicyclic) bond motifs is 1. The number of anilines is 1. The molecule has 0 saturated heterocycles. The molecule has 0 saturated carbocycles. The van der Waals surface area contributed by atoms with Gasteiger partial charge >= 0.3 is 0 Å². The zero-order valence-corrected chi connectivity index (χ0v) is 10.5. The fourth-order valence-electron chi connectivity index (χ4n) is 1.99. The summed E-state index contributed by atoms with van der Waals surface area (Å²) in [4.78, 5) is 8.22.